The van der Waals surface area contributed by atoms with Crippen LogP contribution in [0.3, 0.4) is 0 Å². The Bertz CT molecular complexity index is 507. The Kier molecular flexibility index (Phi) is 3.81. The fourth-order valence-corrected chi connectivity index (χ4v) is 2.43. The van der Waals surface area contributed by atoms with Gasteiger partial charge in [-0.15, -0.1) is 11.3 Å². The molecule has 5 heteroatoms. The lowest BCUT2D eigenvalue weighted by Crippen LogP contribution is -2.07. The first-order chi connectivity index (χ1) is 8.22. The van der Waals surface area contributed by atoms with Crippen molar-refractivity contribution in [3.63, 3.8) is 0 Å². The molecule has 2 aromatic heterocycles. The number of rotatable bonds is 4. The van der Waals surface area contributed by atoms with E-state index in [1.165, 1.54) is 0 Å². The van der Waals surface area contributed by atoms with Gasteiger partial charge in [0, 0.05) is 35.1 Å². The van der Waals surface area contributed by atoms with E-state index in [1.54, 1.807) is 11.3 Å². The highest BCUT2D eigenvalue weighted by Crippen LogP contribution is 2.13. The zero-order valence-electron chi connectivity index (χ0n) is 10.1. The predicted octanol–water partition coefficient (Wildman–Crippen LogP) is 1.85. The van der Waals surface area contributed by atoms with Crippen LogP contribution in [0.5, 0.6) is 0 Å². The van der Waals surface area contributed by atoms with Crippen LogP contribution in [-0.4, -0.2) is 15.0 Å². The van der Waals surface area contributed by atoms with Crippen molar-refractivity contribution < 1.29 is 0 Å². The van der Waals surface area contributed by atoms with Gasteiger partial charge in [-0.05, 0) is 13.3 Å². The van der Waals surface area contributed by atoms with E-state index >= 15 is 0 Å². The van der Waals surface area contributed by atoms with E-state index in [4.69, 9.17) is 5.73 Å². The molecular formula is C12H16N4S. The van der Waals surface area contributed by atoms with Crippen molar-refractivity contribution in [2.24, 2.45) is 5.73 Å². The summed E-state index contributed by atoms with van der Waals surface area (Å²) in [5.74, 6) is 0.827. The van der Waals surface area contributed by atoms with Crippen molar-refractivity contribution in [2.75, 3.05) is 0 Å². The van der Waals surface area contributed by atoms with Crippen molar-refractivity contribution in [3.8, 4) is 0 Å². The fraction of sp³-hybridized carbons (Fsp3) is 0.417. The Hall–Kier alpha value is -1.33. The maximum atomic E-state index is 5.64. The smallest absolute Gasteiger partial charge is 0.135 e. The molecule has 90 valence electrons. The second-order valence-electron chi connectivity index (χ2n) is 3.88. The van der Waals surface area contributed by atoms with E-state index in [-0.39, 0.29) is 0 Å². The molecule has 2 rings (SSSR count). The first-order valence-electron chi connectivity index (χ1n) is 5.67. The molecule has 0 bridgehead atoms. The number of nitrogens with two attached hydrogens (primary N) is 1. The molecule has 0 aromatic carbocycles. The molecular weight excluding hydrogens is 232 g/mol. The standard InChI is InChI=1S/C12H16N4S/c1-3-10-9(5-13)6-14-11(16-10)4-12-15-8(2)7-17-12/h6-7H,3-5,13H2,1-2H3. The molecule has 0 fully saturated rings. The highest BCUT2D eigenvalue weighted by atomic mass is 32.1. The van der Waals surface area contributed by atoms with Crippen molar-refractivity contribution in [3.05, 3.63) is 39.4 Å². The molecule has 0 saturated carbocycles. The Balaban J connectivity index is 2.22. The van der Waals surface area contributed by atoms with Crippen LogP contribution in [-0.2, 0) is 19.4 Å². The summed E-state index contributed by atoms with van der Waals surface area (Å²) in [4.78, 5) is 13.3. The van der Waals surface area contributed by atoms with Gasteiger partial charge in [-0.2, -0.15) is 0 Å². The largest absolute Gasteiger partial charge is 0.326 e. The third kappa shape index (κ3) is 2.87. The summed E-state index contributed by atoms with van der Waals surface area (Å²) in [5.41, 5.74) is 8.78. The van der Waals surface area contributed by atoms with Gasteiger partial charge in [0.15, 0.2) is 0 Å². The second-order valence-corrected chi connectivity index (χ2v) is 4.82. The van der Waals surface area contributed by atoms with Crippen LogP contribution in [0.1, 0.15) is 34.7 Å². The highest BCUT2D eigenvalue weighted by molar-refractivity contribution is 7.09. The number of nitrogens with zero attached hydrogens (tertiary/aromatic N) is 3. The molecule has 0 spiro atoms. The summed E-state index contributed by atoms with van der Waals surface area (Å²) in [7, 11) is 0. The summed E-state index contributed by atoms with van der Waals surface area (Å²) in [6.07, 6.45) is 3.43. The van der Waals surface area contributed by atoms with Gasteiger partial charge < -0.3 is 5.73 Å². The van der Waals surface area contributed by atoms with E-state index in [1.807, 2.05) is 18.5 Å². The minimum atomic E-state index is 0.500. The van der Waals surface area contributed by atoms with Crippen molar-refractivity contribution in [1.29, 1.82) is 0 Å². The van der Waals surface area contributed by atoms with Gasteiger partial charge in [0.25, 0.3) is 0 Å². The van der Waals surface area contributed by atoms with Crippen molar-refractivity contribution in [2.45, 2.75) is 33.2 Å². The molecule has 4 nitrogen and oxygen atoms in total. The van der Waals surface area contributed by atoms with Crippen LogP contribution in [0.2, 0.25) is 0 Å². The van der Waals surface area contributed by atoms with Crippen LogP contribution in [0, 0.1) is 6.92 Å². The van der Waals surface area contributed by atoms with Gasteiger partial charge >= 0.3 is 0 Å². The van der Waals surface area contributed by atoms with Gasteiger partial charge in [-0.3, -0.25) is 0 Å². The molecule has 0 aliphatic rings. The summed E-state index contributed by atoms with van der Waals surface area (Å²) >= 11 is 1.65. The third-order valence-corrected chi connectivity index (χ3v) is 3.50. The van der Waals surface area contributed by atoms with Gasteiger partial charge in [-0.1, -0.05) is 6.92 Å². The first kappa shape index (κ1) is 12.1. The number of hydrogen-bond donors (Lipinski definition) is 1. The van der Waals surface area contributed by atoms with Gasteiger partial charge in [-0.25, -0.2) is 15.0 Å². The lowest BCUT2D eigenvalue weighted by molar-refractivity contribution is 0.855. The number of aryl methyl sites for hydroxylation is 2. The molecule has 0 amide bonds. The number of hydrogen-bond acceptors (Lipinski definition) is 5. The van der Waals surface area contributed by atoms with Crippen LogP contribution >= 0.6 is 11.3 Å². The monoisotopic (exact) mass is 248 g/mol. The van der Waals surface area contributed by atoms with Gasteiger partial charge in [0.1, 0.15) is 10.8 Å². The van der Waals surface area contributed by atoms with E-state index in [0.29, 0.717) is 13.0 Å². The minimum Gasteiger partial charge on any atom is -0.326 e. The SMILES string of the molecule is CCc1nc(Cc2nc(C)cs2)ncc1CN. The molecule has 0 unspecified atom stereocenters. The van der Waals surface area contributed by atoms with Crippen LogP contribution < -0.4 is 5.73 Å². The average molecular weight is 248 g/mol. The lowest BCUT2D eigenvalue weighted by Gasteiger charge is -2.05. The fourth-order valence-electron chi connectivity index (χ4n) is 1.66. The van der Waals surface area contributed by atoms with Gasteiger partial charge in [0.2, 0.25) is 0 Å². The Morgan fingerprint density at radius 2 is 2.18 bits per heavy atom. The molecule has 0 radical (unpaired) electrons. The highest BCUT2D eigenvalue weighted by Gasteiger charge is 2.07. The Morgan fingerprint density at radius 1 is 1.35 bits per heavy atom. The predicted molar refractivity (Wildman–Crippen MR) is 69.0 cm³/mol. The molecule has 0 aliphatic carbocycles. The molecule has 17 heavy (non-hydrogen) atoms. The quantitative estimate of drug-likeness (QED) is 0.897. The van der Waals surface area contributed by atoms with Gasteiger partial charge in [0.05, 0.1) is 6.42 Å². The summed E-state index contributed by atoms with van der Waals surface area (Å²) in [6, 6.07) is 0. The number of aromatic nitrogens is 3. The Labute approximate surface area is 105 Å². The van der Waals surface area contributed by atoms with Crippen molar-refractivity contribution in [1.82, 2.24) is 15.0 Å². The molecule has 0 saturated heterocycles. The first-order valence-corrected chi connectivity index (χ1v) is 6.55. The van der Waals surface area contributed by atoms with Crippen LogP contribution in [0.25, 0.3) is 0 Å². The lowest BCUT2D eigenvalue weighted by atomic mass is 10.2. The number of thiazole rings is 1. The zero-order chi connectivity index (χ0) is 12.3. The maximum Gasteiger partial charge on any atom is 0.135 e. The molecule has 2 heterocycles. The summed E-state index contributed by atoms with van der Waals surface area (Å²) in [5, 5.41) is 3.11. The summed E-state index contributed by atoms with van der Waals surface area (Å²) < 4.78 is 0. The normalized spacial score (nSPS) is 10.8. The second kappa shape index (κ2) is 5.33. The van der Waals surface area contributed by atoms with Crippen LogP contribution in [0.4, 0.5) is 0 Å². The molecule has 0 atom stereocenters. The topological polar surface area (TPSA) is 64.7 Å². The van der Waals surface area contributed by atoms with E-state index in [0.717, 1.165) is 34.2 Å². The zero-order valence-corrected chi connectivity index (χ0v) is 10.9. The van der Waals surface area contributed by atoms with Crippen molar-refractivity contribution >= 4 is 11.3 Å². The molecule has 0 aliphatic heterocycles. The van der Waals surface area contributed by atoms with E-state index in [9.17, 15) is 0 Å². The van der Waals surface area contributed by atoms with E-state index < -0.39 is 0 Å². The minimum absolute atomic E-state index is 0.500. The third-order valence-electron chi connectivity index (χ3n) is 2.53. The van der Waals surface area contributed by atoms with E-state index in [2.05, 4.69) is 21.9 Å². The average Bonchev–Trinajstić information content (AvgIpc) is 2.74. The molecule has 2 aromatic rings. The molecule has 2 N–H and O–H groups in total. The maximum absolute atomic E-state index is 5.64. The Morgan fingerprint density at radius 3 is 2.76 bits per heavy atom. The van der Waals surface area contributed by atoms with Crippen LogP contribution in [0.15, 0.2) is 11.6 Å². The summed E-state index contributed by atoms with van der Waals surface area (Å²) in [6.45, 7) is 4.58.